The number of rotatable bonds is 23. The molecule has 0 saturated carbocycles. The Kier molecular flexibility index (Phi) is 29.7. The van der Waals surface area contributed by atoms with Crippen molar-refractivity contribution in [2.24, 2.45) is 23.7 Å². The van der Waals surface area contributed by atoms with Gasteiger partial charge in [-0.3, -0.25) is 28.2 Å². The van der Waals surface area contributed by atoms with E-state index in [0.717, 1.165) is 44.1 Å². The van der Waals surface area contributed by atoms with Crippen molar-refractivity contribution in [2.45, 2.75) is 65.7 Å². The highest BCUT2D eigenvalue weighted by molar-refractivity contribution is 7.91. The van der Waals surface area contributed by atoms with Crippen LogP contribution in [-0.2, 0) is 80.9 Å². The van der Waals surface area contributed by atoms with Gasteiger partial charge in [0, 0.05) is 81.6 Å². The first-order chi connectivity index (χ1) is 26.4. The molecule has 3 amide bonds. The Hall–Kier alpha value is -3.77. The molecule has 26 heteroatoms. The van der Waals surface area contributed by atoms with E-state index >= 15 is 0 Å². The highest BCUT2D eigenvalue weighted by atomic mass is 32.2. The number of nitrogens with one attached hydrogen (secondary N) is 3. The number of hydrogen-bond donors (Lipinski definition) is 5. The number of carbonyl (C=O) groups excluding carboxylic acids is 7. The second kappa shape index (κ2) is 29.4. The number of hydrogen-bond acceptors (Lipinski definition) is 16. The lowest BCUT2D eigenvalue weighted by Gasteiger charge is -2.14. The van der Waals surface area contributed by atoms with E-state index in [0.29, 0.717) is 25.3 Å². The normalized spacial score (nSPS) is 14.8. The maximum absolute atomic E-state index is 11.6. The second-order valence-corrected chi connectivity index (χ2v) is 22.1. The summed E-state index contributed by atoms with van der Waals surface area (Å²) in [6, 6.07) is 0. The van der Waals surface area contributed by atoms with E-state index in [1.165, 1.54) is 6.92 Å². The summed E-state index contributed by atoms with van der Waals surface area (Å²) in [7, 11) is -14.7. The van der Waals surface area contributed by atoms with E-state index in [2.05, 4.69) is 33.2 Å². The molecule has 0 aromatic carbocycles. The minimum Gasteiger partial charge on any atom is -0.355 e. The topological polar surface area (TPSA) is 346 Å². The molecule has 6 unspecified atom stereocenters. The van der Waals surface area contributed by atoms with Gasteiger partial charge >= 0.3 is 0 Å². The fourth-order valence-electron chi connectivity index (χ4n) is 3.57. The van der Waals surface area contributed by atoms with E-state index in [4.69, 9.17) is 9.45 Å². The summed E-state index contributed by atoms with van der Waals surface area (Å²) < 4.78 is 86.7. The smallest absolute Gasteiger partial charge is 0.276 e. The molecule has 1 aromatic heterocycles. The van der Waals surface area contributed by atoms with Crippen molar-refractivity contribution in [2.75, 3.05) is 56.5 Å². The molecule has 6 atom stereocenters. The average Bonchev–Trinajstić information content (AvgIpc) is 3.53. The summed E-state index contributed by atoms with van der Waals surface area (Å²) in [5.74, 6) is -4.21. The number of sulfone groups is 2. The maximum Gasteiger partial charge on any atom is 0.276 e. The Bertz CT molecular complexity index is 1830. The molecule has 0 aliphatic heterocycles. The molecule has 0 bridgehead atoms. The van der Waals surface area contributed by atoms with Crippen molar-refractivity contribution in [3.05, 3.63) is 11.9 Å². The van der Waals surface area contributed by atoms with Gasteiger partial charge in [0.1, 0.15) is 46.9 Å². The van der Waals surface area contributed by atoms with Crippen LogP contribution in [0.25, 0.3) is 0 Å². The lowest BCUT2D eigenvalue weighted by Crippen LogP contribution is -2.42. The van der Waals surface area contributed by atoms with Gasteiger partial charge in [-0.05, 0) is 12.8 Å². The zero-order chi connectivity index (χ0) is 45.9. The molecular weight excluding hydrogens is 852 g/mol. The number of amides is 3. The van der Waals surface area contributed by atoms with Crippen LogP contribution in [0, 0.1) is 23.7 Å². The van der Waals surface area contributed by atoms with Crippen LogP contribution in [0.3, 0.4) is 0 Å². The first kappa shape index (κ1) is 58.5. The minimum absolute atomic E-state index is 0.0341. The molecule has 5 N–H and O–H groups in total. The number of nitrogens with zero attached hydrogens (tertiary/aromatic N) is 3. The monoisotopic (exact) mass is 910 g/mol. The van der Waals surface area contributed by atoms with Crippen molar-refractivity contribution < 1.29 is 72.8 Å². The fraction of sp³-hybridized carbons (Fsp3) is 0.719. The van der Waals surface area contributed by atoms with Gasteiger partial charge in [-0.2, -0.15) is 8.42 Å². The molecule has 0 fully saturated rings. The summed E-state index contributed by atoms with van der Waals surface area (Å²) in [5.41, 5.74) is 0.896. The molecule has 1 aromatic rings. The molecule has 58 heavy (non-hydrogen) atoms. The van der Waals surface area contributed by atoms with Crippen LogP contribution in [0.4, 0.5) is 0 Å². The van der Waals surface area contributed by atoms with Crippen molar-refractivity contribution in [1.82, 2.24) is 30.9 Å². The zero-order valence-corrected chi connectivity index (χ0v) is 37.3. The quantitative estimate of drug-likeness (QED) is 0.0474. The Morgan fingerprint density at radius 3 is 1.62 bits per heavy atom. The molecule has 1 heterocycles. The summed E-state index contributed by atoms with van der Waals surface area (Å²) in [4.78, 5) is 83.2. The molecule has 1 rings (SSSR count). The largest absolute Gasteiger partial charge is 0.355 e. The summed E-state index contributed by atoms with van der Waals surface area (Å²) in [5, 5.41) is 13.0. The van der Waals surface area contributed by atoms with Crippen molar-refractivity contribution >= 4 is 80.0 Å². The second-order valence-electron chi connectivity index (χ2n) is 13.7. The van der Waals surface area contributed by atoms with Crippen LogP contribution in [-0.4, -0.2) is 154 Å². The van der Waals surface area contributed by atoms with Gasteiger partial charge in [-0.1, -0.05) is 39.8 Å². The van der Waals surface area contributed by atoms with Crippen LogP contribution < -0.4 is 16.0 Å². The SMILES string of the molecule is CC(C=O)CNC(=O)C(CCS(C)(=O)=O)S(=O)(=O)O.CC(C=O)CNC(=O)CP(C)(=O)O.CC(C=O)CNC(=O)CS(C)(=O)=O.CCCn1cc(CC(C)C=O)nn1. The zero-order valence-electron chi connectivity index (χ0n) is 34.0. The molecule has 336 valence electrons. The van der Waals surface area contributed by atoms with E-state index in [9.17, 15) is 63.4 Å². The van der Waals surface area contributed by atoms with Gasteiger partial charge in [-0.25, -0.2) is 16.8 Å². The highest BCUT2D eigenvalue weighted by Gasteiger charge is 2.32. The number of aromatic nitrogens is 3. The van der Waals surface area contributed by atoms with Gasteiger partial charge in [0.15, 0.2) is 15.1 Å². The summed E-state index contributed by atoms with van der Waals surface area (Å²) >= 11 is 0. The van der Waals surface area contributed by atoms with Gasteiger partial charge in [0.25, 0.3) is 10.1 Å². The third-order valence-electron chi connectivity index (χ3n) is 6.57. The maximum atomic E-state index is 11.6. The molecule has 0 radical (unpaired) electrons. The number of aldehydes is 4. The van der Waals surface area contributed by atoms with E-state index < -0.39 is 90.1 Å². The van der Waals surface area contributed by atoms with E-state index in [-0.39, 0.29) is 37.4 Å². The van der Waals surface area contributed by atoms with Gasteiger partial charge in [-0.15, -0.1) is 5.10 Å². The predicted molar refractivity (Wildman–Crippen MR) is 214 cm³/mol. The van der Waals surface area contributed by atoms with E-state index in [1.54, 1.807) is 13.8 Å². The van der Waals surface area contributed by atoms with Gasteiger partial charge in [0.2, 0.25) is 25.1 Å². The Morgan fingerprint density at radius 1 is 0.793 bits per heavy atom. The van der Waals surface area contributed by atoms with Crippen LogP contribution in [0.1, 0.15) is 53.2 Å². The molecule has 0 aliphatic carbocycles. The van der Waals surface area contributed by atoms with Crippen LogP contribution in [0.15, 0.2) is 6.20 Å². The lowest BCUT2D eigenvalue weighted by molar-refractivity contribution is -0.121. The molecule has 0 spiro atoms. The molecular formula is C32H59N6O16PS3. The average molecular weight is 911 g/mol. The molecule has 0 saturated heterocycles. The standard InChI is InChI=1S/C9H15N3O.C9H17NO7S2.C7H14NO4P.C7H13NO4S/c1-3-4-12-6-9(10-11-12)5-8(2)7-13;1-7(6-11)5-10-9(12)8(19(15,16)17)3-4-18(2,13)14;2*1-6(4-9)3-8-7(10)5-13(2,11)12/h6-8H,3-5H2,1-2H3;6-8H,3-5H2,1-2H3,(H,10,12)(H,15,16,17);4,6H,3,5H2,1-2H3,(H,8,10)(H,11,12);4,6H,3,5H2,1-2H3,(H,8,10). The van der Waals surface area contributed by atoms with E-state index in [1.807, 2.05) is 17.8 Å². The van der Waals surface area contributed by atoms with Crippen LogP contribution in [0.2, 0.25) is 0 Å². The van der Waals surface area contributed by atoms with Gasteiger partial charge < -0.3 is 40.0 Å². The lowest BCUT2D eigenvalue weighted by atomic mass is 10.1. The van der Waals surface area contributed by atoms with Crippen LogP contribution >= 0.6 is 7.37 Å². The summed E-state index contributed by atoms with van der Waals surface area (Å²) in [6.07, 6.45) is 7.50. The van der Waals surface area contributed by atoms with Crippen molar-refractivity contribution in [3.8, 4) is 0 Å². The van der Waals surface area contributed by atoms with Gasteiger partial charge in [0.05, 0.1) is 11.4 Å². The fourth-order valence-corrected chi connectivity index (χ4v) is 6.37. The molecule has 0 aliphatic rings. The highest BCUT2D eigenvalue weighted by Crippen LogP contribution is 2.34. The third kappa shape index (κ3) is 36.6. The Balaban J connectivity index is -0.000000706. The number of aryl methyl sites for hydroxylation is 1. The minimum atomic E-state index is -4.71. The first-order valence-corrected chi connectivity index (χ1v) is 25.5. The van der Waals surface area contributed by atoms with Crippen molar-refractivity contribution in [3.63, 3.8) is 0 Å². The predicted octanol–water partition coefficient (Wildman–Crippen LogP) is -1.49. The number of carbonyl (C=O) groups is 7. The Labute approximate surface area is 340 Å². The Morgan fingerprint density at radius 2 is 1.24 bits per heavy atom. The van der Waals surface area contributed by atoms with Crippen LogP contribution in [0.5, 0.6) is 0 Å². The third-order valence-corrected chi connectivity index (χ3v) is 10.4. The first-order valence-electron chi connectivity index (χ1n) is 17.6. The molecule has 22 nitrogen and oxygen atoms in total. The summed E-state index contributed by atoms with van der Waals surface area (Å²) in [6.45, 7) is 11.1. The van der Waals surface area contributed by atoms with Crippen molar-refractivity contribution in [1.29, 1.82) is 0 Å².